The van der Waals surface area contributed by atoms with Crippen LogP contribution in [0.5, 0.6) is 5.75 Å². The molecule has 1 heterocycles. The van der Waals surface area contributed by atoms with Gasteiger partial charge < -0.3 is 10.0 Å². The third-order valence-electron chi connectivity index (χ3n) is 5.46. The molecule has 0 aliphatic carbocycles. The van der Waals surface area contributed by atoms with E-state index < -0.39 is 0 Å². The summed E-state index contributed by atoms with van der Waals surface area (Å²) in [6.07, 6.45) is 6.40. The van der Waals surface area contributed by atoms with Crippen LogP contribution in [0.15, 0.2) is 18.2 Å². The molecule has 124 valence electrons. The maximum atomic E-state index is 9.82. The topological polar surface area (TPSA) is 23.5 Å². The number of piperidine rings is 1. The van der Waals surface area contributed by atoms with Crippen LogP contribution in [0.3, 0.4) is 0 Å². The number of likely N-dealkylation sites (tertiary alicyclic amines) is 1. The van der Waals surface area contributed by atoms with E-state index >= 15 is 0 Å². The van der Waals surface area contributed by atoms with Crippen molar-refractivity contribution in [2.45, 2.75) is 58.3 Å². The Hall–Kier alpha value is -0.730. The zero-order valence-electron chi connectivity index (χ0n) is 14.2. The van der Waals surface area contributed by atoms with E-state index in [1.165, 1.54) is 32.2 Å². The molecule has 3 heteroatoms. The number of phenols is 1. The van der Waals surface area contributed by atoms with Crippen LogP contribution in [-0.2, 0) is 5.41 Å². The first-order chi connectivity index (χ1) is 10.5. The average Bonchev–Trinajstić information content (AvgIpc) is 2.50. The molecule has 0 spiro atoms. The van der Waals surface area contributed by atoms with Crippen molar-refractivity contribution in [1.82, 2.24) is 4.90 Å². The summed E-state index contributed by atoms with van der Waals surface area (Å²) in [5, 5.41) is 10.6. The molecule has 0 radical (unpaired) electrons. The number of hydrogen-bond acceptors (Lipinski definition) is 2. The maximum Gasteiger partial charge on any atom is 0.115 e. The van der Waals surface area contributed by atoms with Gasteiger partial charge in [0.2, 0.25) is 0 Å². The number of unbranched alkanes of at least 4 members (excludes halogenated alkanes) is 3. The highest BCUT2D eigenvalue weighted by molar-refractivity contribution is 6.31. The highest BCUT2D eigenvalue weighted by Gasteiger charge is 2.39. The molecular weight excluding hydrogens is 294 g/mol. The highest BCUT2D eigenvalue weighted by atomic mass is 35.5. The van der Waals surface area contributed by atoms with Crippen LogP contribution in [0, 0.1) is 5.92 Å². The number of aromatic hydroxyl groups is 1. The van der Waals surface area contributed by atoms with Crippen molar-refractivity contribution in [3.05, 3.63) is 28.8 Å². The highest BCUT2D eigenvalue weighted by Crippen LogP contribution is 2.43. The first-order valence-electron chi connectivity index (χ1n) is 8.68. The smallest absolute Gasteiger partial charge is 0.115 e. The summed E-state index contributed by atoms with van der Waals surface area (Å²) >= 11 is 6.41. The van der Waals surface area contributed by atoms with Crippen LogP contribution < -0.4 is 0 Å². The van der Waals surface area contributed by atoms with Crippen LogP contribution in [0.4, 0.5) is 0 Å². The third-order valence-corrected chi connectivity index (χ3v) is 5.79. The molecular formula is C19H30ClNO. The number of benzene rings is 1. The summed E-state index contributed by atoms with van der Waals surface area (Å²) in [7, 11) is 0. The predicted molar refractivity (Wildman–Crippen MR) is 94.8 cm³/mol. The number of nitrogens with zero attached hydrogens (tertiary/aromatic N) is 1. The Morgan fingerprint density at radius 2 is 2.09 bits per heavy atom. The Kier molecular flexibility index (Phi) is 6.17. The number of halogens is 1. The summed E-state index contributed by atoms with van der Waals surface area (Å²) < 4.78 is 0. The molecule has 1 aliphatic rings. The molecule has 1 aromatic rings. The van der Waals surface area contributed by atoms with Gasteiger partial charge >= 0.3 is 0 Å². The van der Waals surface area contributed by atoms with Gasteiger partial charge in [-0.1, -0.05) is 51.6 Å². The number of phenolic OH excluding ortho intramolecular Hbond substituents is 1. The zero-order valence-corrected chi connectivity index (χ0v) is 15.0. The summed E-state index contributed by atoms with van der Waals surface area (Å²) in [6, 6.07) is 5.35. The lowest BCUT2D eigenvalue weighted by atomic mass is 9.68. The molecule has 2 atom stereocenters. The van der Waals surface area contributed by atoms with E-state index in [1.807, 2.05) is 12.1 Å². The maximum absolute atomic E-state index is 9.82. The minimum absolute atomic E-state index is 0.0513. The van der Waals surface area contributed by atoms with Gasteiger partial charge in [0.05, 0.1) is 0 Å². The fourth-order valence-corrected chi connectivity index (χ4v) is 3.97. The van der Waals surface area contributed by atoms with Crippen molar-refractivity contribution < 1.29 is 5.11 Å². The average molecular weight is 324 g/mol. The molecule has 1 N–H and O–H groups in total. The predicted octanol–water partition coefficient (Wildman–Crippen LogP) is 5.23. The van der Waals surface area contributed by atoms with Gasteiger partial charge in [-0.15, -0.1) is 0 Å². The molecule has 0 aromatic heterocycles. The molecule has 1 fully saturated rings. The van der Waals surface area contributed by atoms with E-state index in [-0.39, 0.29) is 5.41 Å². The van der Waals surface area contributed by atoms with Crippen molar-refractivity contribution in [2.24, 2.45) is 5.92 Å². The first-order valence-corrected chi connectivity index (χ1v) is 9.06. The third kappa shape index (κ3) is 3.97. The van der Waals surface area contributed by atoms with Gasteiger partial charge in [-0.05, 0) is 61.0 Å². The Balaban J connectivity index is 2.01. The van der Waals surface area contributed by atoms with Crippen LogP contribution in [0.2, 0.25) is 5.02 Å². The molecule has 0 saturated carbocycles. The molecule has 0 amide bonds. The molecule has 2 unspecified atom stereocenters. The Morgan fingerprint density at radius 1 is 1.32 bits per heavy atom. The number of hydrogen-bond donors (Lipinski definition) is 1. The molecule has 0 bridgehead atoms. The summed E-state index contributed by atoms with van der Waals surface area (Å²) in [5.74, 6) is 0.849. The quantitative estimate of drug-likeness (QED) is 0.725. The normalized spacial score (nSPS) is 26.3. The summed E-state index contributed by atoms with van der Waals surface area (Å²) in [6.45, 7) is 10.3. The SMILES string of the molecule is CCCCCCN1CCC(C)(c2cc(O)ccc2Cl)C(C)C1. The van der Waals surface area contributed by atoms with E-state index in [0.717, 1.165) is 30.1 Å². The monoisotopic (exact) mass is 323 g/mol. The minimum Gasteiger partial charge on any atom is -0.508 e. The lowest BCUT2D eigenvalue weighted by molar-refractivity contribution is 0.109. The Bertz CT molecular complexity index is 490. The standard InChI is InChI=1S/C19H30ClNO/c1-4-5-6-7-11-21-12-10-19(3,15(2)14-21)17-13-16(22)8-9-18(17)20/h8-9,13,15,22H,4-7,10-12,14H2,1-3H3. The lowest BCUT2D eigenvalue weighted by Gasteiger charge is -2.45. The van der Waals surface area contributed by atoms with Gasteiger partial charge in [-0.3, -0.25) is 0 Å². The minimum atomic E-state index is 0.0513. The second-order valence-electron chi connectivity index (χ2n) is 7.09. The summed E-state index contributed by atoms with van der Waals surface area (Å²) in [5.41, 5.74) is 1.16. The second kappa shape index (κ2) is 7.70. The molecule has 2 rings (SSSR count). The zero-order chi connectivity index (χ0) is 16.2. The van der Waals surface area contributed by atoms with Gasteiger partial charge in [0.1, 0.15) is 5.75 Å². The van der Waals surface area contributed by atoms with Gasteiger partial charge in [0, 0.05) is 11.6 Å². The van der Waals surface area contributed by atoms with Crippen molar-refractivity contribution in [3.63, 3.8) is 0 Å². The lowest BCUT2D eigenvalue weighted by Crippen LogP contribution is -2.47. The largest absolute Gasteiger partial charge is 0.508 e. The van der Waals surface area contributed by atoms with Crippen LogP contribution in [0.1, 0.15) is 58.4 Å². The van der Waals surface area contributed by atoms with E-state index in [9.17, 15) is 5.11 Å². The second-order valence-corrected chi connectivity index (χ2v) is 7.50. The summed E-state index contributed by atoms with van der Waals surface area (Å²) in [4.78, 5) is 2.60. The molecule has 22 heavy (non-hydrogen) atoms. The Morgan fingerprint density at radius 3 is 2.77 bits per heavy atom. The van der Waals surface area contributed by atoms with Gasteiger partial charge in [-0.25, -0.2) is 0 Å². The molecule has 2 nitrogen and oxygen atoms in total. The van der Waals surface area contributed by atoms with Gasteiger partial charge in [-0.2, -0.15) is 0 Å². The Labute approximate surface area is 140 Å². The van der Waals surface area contributed by atoms with Gasteiger partial charge in [0.15, 0.2) is 0 Å². The van der Waals surface area contributed by atoms with Crippen molar-refractivity contribution in [1.29, 1.82) is 0 Å². The number of rotatable bonds is 6. The van der Waals surface area contributed by atoms with Crippen LogP contribution >= 0.6 is 11.6 Å². The molecule has 1 saturated heterocycles. The van der Waals surface area contributed by atoms with Crippen molar-refractivity contribution in [2.75, 3.05) is 19.6 Å². The fraction of sp³-hybridized carbons (Fsp3) is 0.684. The first kappa shape index (κ1) is 17.6. The van der Waals surface area contributed by atoms with Crippen LogP contribution in [-0.4, -0.2) is 29.6 Å². The van der Waals surface area contributed by atoms with E-state index in [0.29, 0.717) is 11.7 Å². The molecule has 1 aromatic carbocycles. The van der Waals surface area contributed by atoms with Crippen LogP contribution in [0.25, 0.3) is 0 Å². The van der Waals surface area contributed by atoms with Crippen molar-refractivity contribution in [3.8, 4) is 5.75 Å². The van der Waals surface area contributed by atoms with Gasteiger partial charge in [0.25, 0.3) is 0 Å². The molecule has 1 aliphatic heterocycles. The van der Waals surface area contributed by atoms with E-state index in [2.05, 4.69) is 25.7 Å². The van der Waals surface area contributed by atoms with Crippen molar-refractivity contribution >= 4 is 11.6 Å². The van der Waals surface area contributed by atoms with E-state index in [4.69, 9.17) is 11.6 Å². The van der Waals surface area contributed by atoms with E-state index in [1.54, 1.807) is 6.07 Å². The fourth-order valence-electron chi connectivity index (χ4n) is 3.63.